The molecule has 0 spiro atoms. The number of rotatable bonds is 9. The summed E-state index contributed by atoms with van der Waals surface area (Å²) in [7, 11) is 2.98. The zero-order valence-electron chi connectivity index (χ0n) is 19.5. The fraction of sp³-hybridized carbons (Fsp3) is 0.609. The summed E-state index contributed by atoms with van der Waals surface area (Å²) in [5, 5.41) is 11.8. The Morgan fingerprint density at radius 3 is 2.85 bits per heavy atom. The zero-order valence-corrected chi connectivity index (χ0v) is 19.5. The van der Waals surface area contributed by atoms with Gasteiger partial charge in [0.25, 0.3) is 5.91 Å². The molecule has 0 unspecified atom stereocenters. The Morgan fingerprint density at radius 2 is 2.18 bits per heavy atom. The third kappa shape index (κ3) is 5.06. The monoisotopic (exact) mass is 459 g/mol. The van der Waals surface area contributed by atoms with Crippen molar-refractivity contribution in [2.45, 2.75) is 50.9 Å². The van der Waals surface area contributed by atoms with Gasteiger partial charge in [-0.05, 0) is 32.3 Å². The third-order valence-corrected chi connectivity index (χ3v) is 6.19. The second-order valence-corrected chi connectivity index (χ2v) is 8.45. The molecule has 2 aliphatic rings. The molecule has 2 N–H and O–H groups in total. The van der Waals surface area contributed by atoms with Gasteiger partial charge in [-0.2, -0.15) is 5.10 Å². The van der Waals surface area contributed by atoms with Gasteiger partial charge in [0.1, 0.15) is 17.4 Å². The summed E-state index contributed by atoms with van der Waals surface area (Å²) in [6.07, 6.45) is 1.75. The van der Waals surface area contributed by atoms with E-state index in [1.165, 1.54) is 7.11 Å². The van der Waals surface area contributed by atoms with E-state index in [0.29, 0.717) is 32.7 Å². The van der Waals surface area contributed by atoms with Crippen LogP contribution in [-0.2, 0) is 20.8 Å². The average molecular weight is 460 g/mol. The first-order chi connectivity index (χ1) is 16.0. The van der Waals surface area contributed by atoms with Crippen LogP contribution < -0.4 is 15.4 Å². The summed E-state index contributed by atoms with van der Waals surface area (Å²) < 4.78 is 17.9. The second-order valence-electron chi connectivity index (χ2n) is 8.45. The number of amides is 2. The number of methoxy groups -OCH3 is 2. The molecule has 2 aromatic rings. The fourth-order valence-corrected chi connectivity index (χ4v) is 4.42. The van der Waals surface area contributed by atoms with Gasteiger partial charge in [0.2, 0.25) is 0 Å². The van der Waals surface area contributed by atoms with Crippen LogP contribution in [-0.4, -0.2) is 79.3 Å². The summed E-state index contributed by atoms with van der Waals surface area (Å²) in [6.45, 7) is 4.93. The Hall–Kier alpha value is -2.85. The van der Waals surface area contributed by atoms with E-state index < -0.39 is 12.2 Å². The SMILES string of the molecule is COC(=O)NCCCn1nc([C@@H](C)N(C(=O)[C@H]2CNCCO2)C2CC2)c2cccc(OC)c21. The molecule has 1 saturated carbocycles. The molecule has 1 aliphatic heterocycles. The molecule has 2 amide bonds. The highest BCUT2D eigenvalue weighted by Crippen LogP contribution is 2.38. The van der Waals surface area contributed by atoms with Gasteiger partial charge in [-0.15, -0.1) is 0 Å². The van der Waals surface area contributed by atoms with Gasteiger partial charge in [-0.1, -0.05) is 12.1 Å². The van der Waals surface area contributed by atoms with Crippen molar-refractivity contribution < 1.29 is 23.8 Å². The van der Waals surface area contributed by atoms with Crippen molar-refractivity contribution in [2.75, 3.05) is 40.5 Å². The summed E-state index contributed by atoms with van der Waals surface area (Å²) in [5.41, 5.74) is 1.73. The van der Waals surface area contributed by atoms with Gasteiger partial charge in [-0.25, -0.2) is 4.79 Å². The maximum Gasteiger partial charge on any atom is 0.406 e. The van der Waals surface area contributed by atoms with Crippen LogP contribution in [0.25, 0.3) is 10.9 Å². The molecule has 1 aromatic heterocycles. The van der Waals surface area contributed by atoms with Crippen LogP contribution >= 0.6 is 0 Å². The predicted molar refractivity (Wildman–Crippen MR) is 122 cm³/mol. The molecule has 2 fully saturated rings. The van der Waals surface area contributed by atoms with Crippen molar-refractivity contribution in [2.24, 2.45) is 0 Å². The first-order valence-electron chi connectivity index (χ1n) is 11.5. The van der Waals surface area contributed by atoms with Gasteiger partial charge in [0, 0.05) is 37.6 Å². The smallest absolute Gasteiger partial charge is 0.406 e. The Labute approximate surface area is 193 Å². The first kappa shape index (κ1) is 23.3. The molecule has 10 nitrogen and oxygen atoms in total. The van der Waals surface area contributed by atoms with Crippen LogP contribution in [0.3, 0.4) is 0 Å². The lowest BCUT2D eigenvalue weighted by Crippen LogP contribution is -2.50. The molecular weight excluding hydrogens is 426 g/mol. The molecule has 0 radical (unpaired) electrons. The average Bonchev–Trinajstić information content (AvgIpc) is 3.61. The summed E-state index contributed by atoms with van der Waals surface area (Å²) in [5.74, 6) is 0.744. The highest BCUT2D eigenvalue weighted by Gasteiger charge is 2.41. The maximum atomic E-state index is 13.4. The molecule has 2 heterocycles. The molecule has 10 heteroatoms. The topological polar surface area (TPSA) is 107 Å². The number of nitrogens with one attached hydrogen (secondary N) is 2. The fourth-order valence-electron chi connectivity index (χ4n) is 4.42. The molecular formula is C23H33N5O5. The Bertz CT molecular complexity index is 983. The zero-order chi connectivity index (χ0) is 23.4. The van der Waals surface area contributed by atoms with Crippen LogP contribution in [0.2, 0.25) is 0 Å². The second kappa shape index (κ2) is 10.4. The number of para-hydroxylation sites is 1. The number of fused-ring (bicyclic) bond motifs is 1. The van der Waals surface area contributed by atoms with Crippen molar-refractivity contribution in [3.05, 3.63) is 23.9 Å². The molecule has 1 aliphatic carbocycles. The van der Waals surface area contributed by atoms with Crippen LogP contribution in [0.4, 0.5) is 4.79 Å². The van der Waals surface area contributed by atoms with Crippen molar-refractivity contribution in [1.82, 2.24) is 25.3 Å². The van der Waals surface area contributed by atoms with Crippen molar-refractivity contribution >= 4 is 22.9 Å². The van der Waals surface area contributed by atoms with Crippen molar-refractivity contribution in [1.29, 1.82) is 0 Å². The van der Waals surface area contributed by atoms with Crippen LogP contribution in [0, 0.1) is 0 Å². The number of carbonyl (C=O) groups excluding carboxylic acids is 2. The maximum absolute atomic E-state index is 13.4. The lowest BCUT2D eigenvalue weighted by Gasteiger charge is -2.33. The molecule has 0 bridgehead atoms. The number of hydrogen-bond acceptors (Lipinski definition) is 7. The number of carbonyl (C=O) groups is 2. The van der Waals surface area contributed by atoms with Gasteiger partial charge < -0.3 is 29.7 Å². The van der Waals surface area contributed by atoms with E-state index in [0.717, 1.165) is 41.7 Å². The van der Waals surface area contributed by atoms with E-state index in [1.54, 1.807) is 7.11 Å². The Morgan fingerprint density at radius 1 is 1.36 bits per heavy atom. The predicted octanol–water partition coefficient (Wildman–Crippen LogP) is 1.83. The summed E-state index contributed by atoms with van der Waals surface area (Å²) in [4.78, 5) is 26.7. The number of nitrogens with zero attached hydrogens (tertiary/aromatic N) is 3. The van der Waals surface area contributed by atoms with Gasteiger partial charge >= 0.3 is 6.09 Å². The number of aromatic nitrogens is 2. The molecule has 33 heavy (non-hydrogen) atoms. The van der Waals surface area contributed by atoms with Crippen LogP contribution in [0.1, 0.15) is 37.9 Å². The van der Waals surface area contributed by atoms with Crippen LogP contribution in [0.5, 0.6) is 5.75 Å². The lowest BCUT2D eigenvalue weighted by molar-refractivity contribution is -0.148. The minimum absolute atomic E-state index is 0.0186. The standard InChI is InChI=1S/C23H33N5O5/c1-15(28(16-8-9-16)22(29)19-14-24-11-13-33-19)20-17-6-4-7-18(31-2)21(17)27(26-20)12-5-10-25-23(30)32-3/h4,6-7,15-16,19,24H,5,8-14H2,1-3H3,(H,25,30)/t15-,19-/m1/s1. The number of alkyl carbamates (subject to hydrolysis) is 1. The molecule has 1 aromatic carbocycles. The molecule has 180 valence electrons. The van der Waals surface area contributed by atoms with E-state index in [1.807, 2.05) is 34.7 Å². The highest BCUT2D eigenvalue weighted by atomic mass is 16.5. The van der Waals surface area contributed by atoms with E-state index in [9.17, 15) is 9.59 Å². The Kier molecular flexibility index (Phi) is 7.34. The van der Waals surface area contributed by atoms with E-state index in [4.69, 9.17) is 14.6 Å². The van der Waals surface area contributed by atoms with E-state index in [-0.39, 0.29) is 18.0 Å². The third-order valence-electron chi connectivity index (χ3n) is 6.19. The van der Waals surface area contributed by atoms with Crippen LogP contribution in [0.15, 0.2) is 18.2 Å². The van der Waals surface area contributed by atoms with Gasteiger partial charge in [0.05, 0.1) is 32.6 Å². The van der Waals surface area contributed by atoms with E-state index in [2.05, 4.69) is 15.4 Å². The van der Waals surface area contributed by atoms with E-state index >= 15 is 0 Å². The largest absolute Gasteiger partial charge is 0.494 e. The number of ether oxygens (including phenoxy) is 3. The molecule has 4 rings (SSSR count). The van der Waals surface area contributed by atoms with Gasteiger partial charge in [0.15, 0.2) is 0 Å². The van der Waals surface area contributed by atoms with Gasteiger partial charge in [-0.3, -0.25) is 9.48 Å². The molecule has 2 atom stereocenters. The minimum atomic E-state index is -0.464. The number of morpholine rings is 1. The minimum Gasteiger partial charge on any atom is -0.494 e. The first-order valence-corrected chi connectivity index (χ1v) is 11.5. The summed E-state index contributed by atoms with van der Waals surface area (Å²) >= 11 is 0. The normalized spacial score (nSPS) is 19.2. The number of hydrogen-bond donors (Lipinski definition) is 2. The quantitative estimate of drug-likeness (QED) is 0.551. The number of benzene rings is 1. The molecule has 1 saturated heterocycles. The Balaban J connectivity index is 1.61. The number of aryl methyl sites for hydroxylation is 1. The lowest BCUT2D eigenvalue weighted by atomic mass is 10.1. The van der Waals surface area contributed by atoms with Crippen molar-refractivity contribution in [3.8, 4) is 5.75 Å². The summed E-state index contributed by atoms with van der Waals surface area (Å²) in [6, 6.07) is 5.88. The highest BCUT2D eigenvalue weighted by molar-refractivity contribution is 5.89. The van der Waals surface area contributed by atoms with Crippen molar-refractivity contribution in [3.63, 3.8) is 0 Å².